The highest BCUT2D eigenvalue weighted by molar-refractivity contribution is 7.17. The molecular formula is C14H16N4OS. The fraction of sp³-hybridized carbons (Fsp3) is 0.357. The molecule has 0 amide bonds. The molecule has 3 heterocycles. The molecule has 3 rings (SSSR count). The molecule has 0 saturated carbocycles. The molecule has 0 aromatic carbocycles. The number of aromatic nitrogens is 4. The Morgan fingerprint density at radius 2 is 2.25 bits per heavy atom. The molecule has 0 fully saturated rings. The van der Waals surface area contributed by atoms with Crippen LogP contribution in [0.2, 0.25) is 0 Å². The molecule has 104 valence electrons. The number of hydrogen-bond donors (Lipinski definition) is 0. The van der Waals surface area contributed by atoms with Gasteiger partial charge in [-0.15, -0.1) is 11.3 Å². The van der Waals surface area contributed by atoms with E-state index in [0.29, 0.717) is 6.54 Å². The van der Waals surface area contributed by atoms with Crippen LogP contribution in [0.25, 0.3) is 10.2 Å². The normalized spacial score (nSPS) is 11.3. The topological polar surface area (TPSA) is 52.7 Å². The Kier molecular flexibility index (Phi) is 3.40. The third-order valence-electron chi connectivity index (χ3n) is 3.35. The summed E-state index contributed by atoms with van der Waals surface area (Å²) in [5, 5.41) is 6.13. The second-order valence-corrected chi connectivity index (χ2v) is 5.85. The van der Waals surface area contributed by atoms with Crippen molar-refractivity contribution >= 4 is 21.6 Å². The van der Waals surface area contributed by atoms with E-state index in [1.807, 2.05) is 31.7 Å². The van der Waals surface area contributed by atoms with E-state index in [0.717, 1.165) is 28.6 Å². The van der Waals surface area contributed by atoms with E-state index in [4.69, 9.17) is 0 Å². The number of thiophene rings is 1. The van der Waals surface area contributed by atoms with Crippen LogP contribution in [0, 0.1) is 6.92 Å². The molecule has 0 aliphatic rings. The summed E-state index contributed by atoms with van der Waals surface area (Å²) in [7, 11) is 1.91. The van der Waals surface area contributed by atoms with Crippen molar-refractivity contribution < 1.29 is 0 Å². The highest BCUT2D eigenvalue weighted by atomic mass is 32.1. The van der Waals surface area contributed by atoms with Crippen LogP contribution in [0.5, 0.6) is 0 Å². The molecule has 0 atom stereocenters. The Labute approximate surface area is 120 Å². The van der Waals surface area contributed by atoms with E-state index >= 15 is 0 Å². The van der Waals surface area contributed by atoms with Gasteiger partial charge >= 0.3 is 0 Å². The first-order valence-electron chi connectivity index (χ1n) is 6.56. The maximum atomic E-state index is 12.3. The van der Waals surface area contributed by atoms with Gasteiger partial charge in [0, 0.05) is 19.8 Å². The quantitative estimate of drug-likeness (QED) is 0.739. The Morgan fingerprint density at radius 3 is 3.00 bits per heavy atom. The minimum Gasteiger partial charge on any atom is -0.298 e. The third kappa shape index (κ3) is 2.38. The van der Waals surface area contributed by atoms with Gasteiger partial charge in [-0.1, -0.05) is 0 Å². The number of fused-ring (bicyclic) bond motifs is 1. The average Bonchev–Trinajstić information content (AvgIpc) is 3.00. The zero-order valence-corrected chi connectivity index (χ0v) is 12.4. The minimum atomic E-state index is 0.0688. The lowest BCUT2D eigenvalue weighted by Gasteiger charge is -2.04. The van der Waals surface area contributed by atoms with Crippen molar-refractivity contribution in [3.8, 4) is 0 Å². The number of rotatable bonds is 4. The highest BCUT2D eigenvalue weighted by Gasteiger charge is 2.08. The van der Waals surface area contributed by atoms with E-state index in [-0.39, 0.29) is 5.56 Å². The second-order valence-electron chi connectivity index (χ2n) is 4.97. The van der Waals surface area contributed by atoms with E-state index in [1.165, 1.54) is 16.9 Å². The second kappa shape index (κ2) is 5.20. The van der Waals surface area contributed by atoms with E-state index < -0.39 is 0 Å². The van der Waals surface area contributed by atoms with Gasteiger partial charge in [0.1, 0.15) is 4.70 Å². The Balaban J connectivity index is 1.74. The molecule has 5 nitrogen and oxygen atoms in total. The van der Waals surface area contributed by atoms with Crippen LogP contribution in [-0.4, -0.2) is 19.3 Å². The van der Waals surface area contributed by atoms with Crippen LogP contribution in [0.3, 0.4) is 0 Å². The van der Waals surface area contributed by atoms with Crippen molar-refractivity contribution in [1.82, 2.24) is 19.3 Å². The van der Waals surface area contributed by atoms with Crippen molar-refractivity contribution in [1.29, 1.82) is 0 Å². The summed E-state index contributed by atoms with van der Waals surface area (Å²) >= 11 is 1.48. The summed E-state index contributed by atoms with van der Waals surface area (Å²) in [4.78, 5) is 16.7. The molecule has 0 aliphatic heterocycles. The van der Waals surface area contributed by atoms with Crippen LogP contribution in [0.1, 0.15) is 17.5 Å². The molecule has 0 radical (unpaired) electrons. The smallest absolute Gasteiger partial charge is 0.271 e. The summed E-state index contributed by atoms with van der Waals surface area (Å²) in [5.74, 6) is 0. The number of nitrogens with zero attached hydrogens (tertiary/aromatic N) is 4. The lowest BCUT2D eigenvalue weighted by atomic mass is 10.2. The lowest BCUT2D eigenvalue weighted by molar-refractivity contribution is 0.617. The van der Waals surface area contributed by atoms with Gasteiger partial charge in [-0.05, 0) is 36.3 Å². The number of aryl methyl sites for hydroxylation is 4. The minimum absolute atomic E-state index is 0.0688. The van der Waals surface area contributed by atoms with Crippen molar-refractivity contribution in [3.05, 3.63) is 45.6 Å². The number of hydrogen-bond acceptors (Lipinski definition) is 4. The predicted octanol–water partition coefficient (Wildman–Crippen LogP) is 2.13. The van der Waals surface area contributed by atoms with E-state index in [1.54, 1.807) is 15.6 Å². The first-order chi connectivity index (χ1) is 9.65. The van der Waals surface area contributed by atoms with Crippen molar-refractivity contribution in [2.75, 3.05) is 0 Å². The summed E-state index contributed by atoms with van der Waals surface area (Å²) in [6, 6.07) is 0. The molecule has 0 saturated heterocycles. The fourth-order valence-corrected chi connectivity index (χ4v) is 3.22. The van der Waals surface area contributed by atoms with Gasteiger partial charge in [0.15, 0.2) is 0 Å². The largest absolute Gasteiger partial charge is 0.298 e. The first-order valence-corrected chi connectivity index (χ1v) is 7.44. The van der Waals surface area contributed by atoms with Crippen molar-refractivity contribution in [2.45, 2.75) is 26.3 Å². The zero-order valence-electron chi connectivity index (χ0n) is 11.5. The molecule has 3 aromatic rings. The zero-order chi connectivity index (χ0) is 14.1. The predicted molar refractivity (Wildman–Crippen MR) is 80.1 cm³/mol. The summed E-state index contributed by atoms with van der Waals surface area (Å²) in [6.45, 7) is 2.67. The SMILES string of the molecule is Cc1csc2c(=O)n(CCCc3cnn(C)c3)cnc12. The Morgan fingerprint density at radius 1 is 1.40 bits per heavy atom. The summed E-state index contributed by atoms with van der Waals surface area (Å²) < 4.78 is 4.25. The molecule has 0 spiro atoms. The molecule has 0 N–H and O–H groups in total. The van der Waals surface area contributed by atoms with Gasteiger partial charge in [-0.25, -0.2) is 4.98 Å². The van der Waals surface area contributed by atoms with Crippen LogP contribution in [0.4, 0.5) is 0 Å². The molecule has 20 heavy (non-hydrogen) atoms. The highest BCUT2D eigenvalue weighted by Crippen LogP contribution is 2.19. The summed E-state index contributed by atoms with van der Waals surface area (Å²) in [5.41, 5.74) is 3.17. The van der Waals surface area contributed by atoms with Crippen LogP contribution >= 0.6 is 11.3 Å². The first kappa shape index (κ1) is 13.1. The van der Waals surface area contributed by atoms with Gasteiger partial charge in [-0.3, -0.25) is 14.0 Å². The Bertz CT molecular complexity index is 799. The van der Waals surface area contributed by atoms with E-state index in [9.17, 15) is 4.79 Å². The lowest BCUT2D eigenvalue weighted by Crippen LogP contribution is -2.20. The molecular weight excluding hydrogens is 272 g/mol. The van der Waals surface area contributed by atoms with Gasteiger partial charge in [0.2, 0.25) is 0 Å². The standard InChI is InChI=1S/C14H16N4OS/c1-10-8-20-13-12(10)15-9-18(14(13)19)5-3-4-11-6-16-17(2)7-11/h6-9H,3-5H2,1-2H3. The van der Waals surface area contributed by atoms with Crippen LogP contribution in [0.15, 0.2) is 28.9 Å². The van der Waals surface area contributed by atoms with Crippen LogP contribution in [-0.2, 0) is 20.0 Å². The van der Waals surface area contributed by atoms with Crippen molar-refractivity contribution in [2.24, 2.45) is 7.05 Å². The third-order valence-corrected chi connectivity index (χ3v) is 4.42. The average molecular weight is 288 g/mol. The summed E-state index contributed by atoms with van der Waals surface area (Å²) in [6.07, 6.45) is 7.36. The van der Waals surface area contributed by atoms with Gasteiger partial charge in [-0.2, -0.15) is 5.10 Å². The molecule has 3 aromatic heterocycles. The molecule has 0 bridgehead atoms. The molecule has 6 heteroatoms. The van der Waals surface area contributed by atoms with Crippen LogP contribution < -0.4 is 5.56 Å². The van der Waals surface area contributed by atoms with Crippen molar-refractivity contribution in [3.63, 3.8) is 0 Å². The molecule has 0 unspecified atom stereocenters. The van der Waals surface area contributed by atoms with Gasteiger partial charge < -0.3 is 0 Å². The maximum absolute atomic E-state index is 12.3. The maximum Gasteiger partial charge on any atom is 0.271 e. The monoisotopic (exact) mass is 288 g/mol. The van der Waals surface area contributed by atoms with E-state index in [2.05, 4.69) is 10.1 Å². The molecule has 0 aliphatic carbocycles. The Hall–Kier alpha value is -1.95. The fourth-order valence-electron chi connectivity index (χ4n) is 2.27. The van der Waals surface area contributed by atoms with Gasteiger partial charge in [0.05, 0.1) is 18.0 Å². The van der Waals surface area contributed by atoms with Gasteiger partial charge in [0.25, 0.3) is 5.56 Å².